The molecule has 2 fully saturated rings. The van der Waals surface area contributed by atoms with E-state index in [1.54, 1.807) is 17.9 Å². The first-order valence-corrected chi connectivity index (χ1v) is 18.5. The van der Waals surface area contributed by atoms with E-state index in [0.717, 1.165) is 11.1 Å². The standard InChI is InChI=1S/C41H42BrN3O7/c1-24-14-13-15-25(2)34(24)44-21-12-6-11-20-31(47)43-26(3)35(28-18-9-5-10-19-28)51-40(50)32-33-38(48)45(30(23-46)27-16-7-4-8-17-27)37(39(44)49)41(33)22-29(42)36(32)52-41/h4-10,12-19,22,26,30,32-33,35-37,46H,11,20-21,23H2,1-3H3,(H,43,47)/b12-6-/t26-,30+,32+,33-,35+,36+,37+,41-/m0/s1. The second kappa shape index (κ2) is 14.4. The molecule has 0 saturated carbocycles. The van der Waals surface area contributed by atoms with E-state index in [4.69, 9.17) is 9.47 Å². The van der Waals surface area contributed by atoms with Crippen LogP contribution in [0.4, 0.5) is 5.69 Å². The second-order valence-electron chi connectivity index (χ2n) is 14.0. The zero-order valence-electron chi connectivity index (χ0n) is 29.3. The molecule has 0 radical (unpaired) electrons. The minimum Gasteiger partial charge on any atom is -0.455 e. The smallest absolute Gasteiger partial charge is 0.313 e. The summed E-state index contributed by atoms with van der Waals surface area (Å²) in [5, 5.41) is 14.0. The molecule has 270 valence electrons. The van der Waals surface area contributed by atoms with Crippen molar-refractivity contribution >= 4 is 45.3 Å². The predicted octanol–water partition coefficient (Wildman–Crippen LogP) is 5.38. The van der Waals surface area contributed by atoms with Gasteiger partial charge in [-0.25, -0.2) is 0 Å². The Morgan fingerprint density at radius 1 is 0.904 bits per heavy atom. The van der Waals surface area contributed by atoms with Crippen molar-refractivity contribution in [2.75, 3.05) is 18.1 Å². The summed E-state index contributed by atoms with van der Waals surface area (Å²) in [7, 11) is 0. The summed E-state index contributed by atoms with van der Waals surface area (Å²) in [6.07, 6.45) is 4.32. The molecule has 3 aromatic carbocycles. The molecule has 10 nitrogen and oxygen atoms in total. The average molecular weight is 769 g/mol. The Labute approximate surface area is 311 Å². The van der Waals surface area contributed by atoms with Gasteiger partial charge in [0.05, 0.1) is 24.6 Å². The number of allylic oxidation sites excluding steroid dienone is 1. The highest BCUT2D eigenvalue weighted by atomic mass is 79.9. The van der Waals surface area contributed by atoms with Gasteiger partial charge in [-0.1, -0.05) is 107 Å². The van der Waals surface area contributed by atoms with Crippen molar-refractivity contribution in [1.82, 2.24) is 10.2 Å². The van der Waals surface area contributed by atoms with Crippen LogP contribution in [0.2, 0.25) is 0 Å². The van der Waals surface area contributed by atoms with E-state index in [1.165, 1.54) is 4.90 Å². The summed E-state index contributed by atoms with van der Waals surface area (Å²) < 4.78 is 13.6. The predicted molar refractivity (Wildman–Crippen MR) is 198 cm³/mol. The largest absolute Gasteiger partial charge is 0.455 e. The van der Waals surface area contributed by atoms with Crippen molar-refractivity contribution in [3.8, 4) is 0 Å². The molecule has 4 aliphatic rings. The zero-order valence-corrected chi connectivity index (χ0v) is 30.9. The molecular weight excluding hydrogens is 726 g/mol. The number of esters is 1. The van der Waals surface area contributed by atoms with Crippen molar-refractivity contribution in [3.05, 3.63) is 124 Å². The molecule has 52 heavy (non-hydrogen) atoms. The Bertz CT molecular complexity index is 1910. The van der Waals surface area contributed by atoms with Gasteiger partial charge < -0.3 is 29.7 Å². The van der Waals surface area contributed by atoms with Gasteiger partial charge in [0.2, 0.25) is 11.8 Å². The normalized spacial score (nSPS) is 30.4. The summed E-state index contributed by atoms with van der Waals surface area (Å²) in [6.45, 7) is 5.31. The van der Waals surface area contributed by atoms with Crippen LogP contribution in [0.5, 0.6) is 0 Å². The first-order valence-electron chi connectivity index (χ1n) is 17.7. The fraction of sp³-hybridized carbons (Fsp3) is 0.366. The van der Waals surface area contributed by atoms with E-state index >= 15 is 9.59 Å². The van der Waals surface area contributed by atoms with E-state index in [9.17, 15) is 14.7 Å². The number of carbonyl (C=O) groups excluding carboxylic acids is 4. The Morgan fingerprint density at radius 3 is 2.25 bits per heavy atom. The molecule has 5 bridgehead atoms. The van der Waals surface area contributed by atoms with Crippen molar-refractivity contribution in [1.29, 1.82) is 0 Å². The van der Waals surface area contributed by atoms with E-state index in [2.05, 4.69) is 21.2 Å². The van der Waals surface area contributed by atoms with E-state index in [-0.39, 0.29) is 18.9 Å². The molecule has 3 amide bonds. The third kappa shape index (κ3) is 6.08. The van der Waals surface area contributed by atoms with E-state index in [1.807, 2.05) is 105 Å². The molecule has 0 aliphatic carbocycles. The minimum absolute atomic E-state index is 0.146. The number of carbonyl (C=O) groups is 4. The van der Waals surface area contributed by atoms with Gasteiger partial charge in [0.1, 0.15) is 29.8 Å². The van der Waals surface area contributed by atoms with Crippen molar-refractivity contribution < 1.29 is 33.8 Å². The Morgan fingerprint density at radius 2 is 1.58 bits per heavy atom. The number of aliphatic hydroxyl groups is 1. The summed E-state index contributed by atoms with van der Waals surface area (Å²) >= 11 is 3.64. The number of ether oxygens (including phenoxy) is 2. The van der Waals surface area contributed by atoms with Gasteiger partial charge >= 0.3 is 5.97 Å². The fourth-order valence-corrected chi connectivity index (χ4v) is 9.20. The number of likely N-dealkylation sites (tertiary alicyclic amines) is 1. The van der Waals surface area contributed by atoms with E-state index < -0.39 is 72.2 Å². The number of hydrogen-bond acceptors (Lipinski definition) is 7. The van der Waals surface area contributed by atoms with Crippen LogP contribution in [0.15, 0.2) is 102 Å². The maximum absolute atomic E-state index is 15.5. The maximum atomic E-state index is 15.5. The molecule has 2 N–H and O–H groups in total. The number of nitrogens with one attached hydrogen (secondary N) is 1. The number of cyclic esters (lactones) is 1. The first kappa shape index (κ1) is 35.8. The molecule has 0 unspecified atom stereocenters. The number of benzene rings is 3. The molecule has 4 aliphatic heterocycles. The van der Waals surface area contributed by atoms with Crippen LogP contribution in [-0.2, 0) is 28.7 Å². The zero-order chi connectivity index (χ0) is 36.7. The Hall–Kier alpha value is -4.58. The van der Waals surface area contributed by atoms with Crippen molar-refractivity contribution in [2.45, 2.75) is 69.5 Å². The number of para-hydroxylation sites is 1. The molecule has 7 rings (SSSR count). The molecule has 1 spiro atoms. The van der Waals surface area contributed by atoms with Crippen LogP contribution in [0.3, 0.4) is 0 Å². The lowest BCUT2D eigenvalue weighted by Gasteiger charge is -2.39. The monoisotopic (exact) mass is 767 g/mol. The number of halogens is 1. The fourth-order valence-electron chi connectivity index (χ4n) is 8.46. The molecule has 8 atom stereocenters. The summed E-state index contributed by atoms with van der Waals surface area (Å²) in [5.41, 5.74) is 2.16. The molecular formula is C41H42BrN3O7. The van der Waals surface area contributed by atoms with Gasteiger partial charge in [-0.05, 0) is 55.5 Å². The number of nitrogens with zero attached hydrogens (tertiary/aromatic N) is 2. The topological polar surface area (TPSA) is 125 Å². The number of hydrogen-bond donors (Lipinski definition) is 2. The third-order valence-electron chi connectivity index (χ3n) is 10.7. The van der Waals surface area contributed by atoms with Crippen molar-refractivity contribution in [3.63, 3.8) is 0 Å². The Kier molecular flexibility index (Phi) is 9.95. The summed E-state index contributed by atoms with van der Waals surface area (Å²) in [4.78, 5) is 61.3. The number of fused-ring (bicyclic) bond motifs is 2. The number of aliphatic hydroxyl groups excluding tert-OH is 1. The van der Waals surface area contributed by atoms with Crippen LogP contribution < -0.4 is 10.2 Å². The number of aryl methyl sites for hydroxylation is 2. The second-order valence-corrected chi connectivity index (χ2v) is 14.9. The third-order valence-corrected chi connectivity index (χ3v) is 11.4. The average Bonchev–Trinajstić information content (AvgIpc) is 3.73. The van der Waals surface area contributed by atoms with Gasteiger partial charge in [-0.2, -0.15) is 0 Å². The van der Waals surface area contributed by atoms with Gasteiger partial charge in [0, 0.05) is 23.1 Å². The lowest BCUT2D eigenvalue weighted by atomic mass is 9.74. The van der Waals surface area contributed by atoms with Gasteiger partial charge in [0.15, 0.2) is 0 Å². The van der Waals surface area contributed by atoms with Crippen molar-refractivity contribution in [2.24, 2.45) is 11.8 Å². The van der Waals surface area contributed by atoms with Gasteiger partial charge in [-0.15, -0.1) is 0 Å². The molecule has 3 aromatic rings. The minimum atomic E-state index is -1.56. The SMILES string of the molecule is Cc1cccc(C)c1N1C/C=C\CCC(=O)N[C@@H](C)[C@H](c2ccccc2)OC(=O)[C@H]2[C@@H]3O[C@@]4(C=C3Br)[C@@H]2C(=O)N([C@H](CO)c2ccccc2)[C@@H]4C1=O. The first-order chi connectivity index (χ1) is 25.1. The summed E-state index contributed by atoms with van der Waals surface area (Å²) in [5.74, 6) is -4.06. The molecule has 2 saturated heterocycles. The molecule has 0 aromatic heterocycles. The quantitative estimate of drug-likeness (QED) is 0.264. The highest BCUT2D eigenvalue weighted by molar-refractivity contribution is 9.11. The number of rotatable bonds is 5. The number of anilines is 1. The van der Waals surface area contributed by atoms with Gasteiger partial charge in [-0.3, -0.25) is 19.2 Å². The van der Waals surface area contributed by atoms with Crippen LogP contribution in [0.25, 0.3) is 0 Å². The Balaban J connectivity index is 1.41. The lowest BCUT2D eigenvalue weighted by Crippen LogP contribution is -2.57. The molecule has 11 heteroatoms. The lowest BCUT2D eigenvalue weighted by molar-refractivity contribution is -0.161. The molecule has 4 heterocycles. The van der Waals surface area contributed by atoms with Crippen LogP contribution in [0, 0.1) is 25.7 Å². The summed E-state index contributed by atoms with van der Waals surface area (Å²) in [6, 6.07) is 21.2. The number of amides is 3. The van der Waals surface area contributed by atoms with E-state index in [0.29, 0.717) is 27.7 Å². The maximum Gasteiger partial charge on any atom is 0.313 e. The van der Waals surface area contributed by atoms with Gasteiger partial charge in [0.25, 0.3) is 5.91 Å². The highest BCUT2D eigenvalue weighted by Gasteiger charge is 2.75. The highest BCUT2D eigenvalue weighted by Crippen LogP contribution is 2.60. The van der Waals surface area contributed by atoms with Crippen LogP contribution in [0.1, 0.15) is 54.2 Å². The van der Waals surface area contributed by atoms with Crippen LogP contribution >= 0.6 is 15.9 Å². The van der Waals surface area contributed by atoms with Crippen LogP contribution in [-0.4, -0.2) is 70.6 Å².